The lowest BCUT2D eigenvalue weighted by Crippen LogP contribution is -2.34. The smallest absolute Gasteiger partial charge is 0.276 e. The second-order valence-corrected chi connectivity index (χ2v) is 4.15. The number of nitrogens with zero attached hydrogens (tertiary/aromatic N) is 2. The SMILES string of the molecule is CCOc1ncnc(NNC(=O)COc2ccccc2)c1N. The molecular formula is C14H17N5O3. The molecule has 2 rings (SSSR count). The van der Waals surface area contributed by atoms with Gasteiger partial charge >= 0.3 is 0 Å². The number of hydrogen-bond donors (Lipinski definition) is 3. The first kappa shape index (κ1) is 15.4. The average Bonchev–Trinajstić information content (AvgIpc) is 2.55. The predicted molar refractivity (Wildman–Crippen MR) is 81.3 cm³/mol. The van der Waals surface area contributed by atoms with Gasteiger partial charge in [-0.1, -0.05) is 18.2 Å². The van der Waals surface area contributed by atoms with E-state index in [0.29, 0.717) is 12.4 Å². The van der Waals surface area contributed by atoms with Crippen LogP contribution in [0.2, 0.25) is 0 Å². The van der Waals surface area contributed by atoms with Crippen LogP contribution in [0.5, 0.6) is 11.6 Å². The number of carbonyl (C=O) groups excluding carboxylic acids is 1. The second-order valence-electron chi connectivity index (χ2n) is 4.15. The molecule has 0 fully saturated rings. The number of amides is 1. The molecule has 0 aliphatic rings. The van der Waals surface area contributed by atoms with E-state index in [1.54, 1.807) is 12.1 Å². The van der Waals surface area contributed by atoms with Crippen LogP contribution in [0.15, 0.2) is 36.7 Å². The fourth-order valence-electron chi connectivity index (χ4n) is 1.56. The Hall–Kier alpha value is -3.03. The molecule has 0 spiro atoms. The monoisotopic (exact) mass is 303 g/mol. The van der Waals surface area contributed by atoms with Crippen LogP contribution in [0.25, 0.3) is 0 Å². The van der Waals surface area contributed by atoms with E-state index in [9.17, 15) is 4.79 Å². The summed E-state index contributed by atoms with van der Waals surface area (Å²) in [6.45, 7) is 2.11. The maximum atomic E-state index is 11.7. The van der Waals surface area contributed by atoms with Crippen LogP contribution in [-0.4, -0.2) is 29.1 Å². The standard InChI is InChI=1S/C14H17N5O3/c1-2-21-14-12(15)13(16-9-17-14)19-18-11(20)8-22-10-6-4-3-5-7-10/h3-7,9H,2,8,15H2,1H3,(H,18,20)(H,16,17,19). The lowest BCUT2D eigenvalue weighted by molar-refractivity contribution is -0.122. The van der Waals surface area contributed by atoms with Crippen LogP contribution < -0.4 is 26.1 Å². The van der Waals surface area contributed by atoms with Crippen molar-refractivity contribution in [3.8, 4) is 11.6 Å². The quantitative estimate of drug-likeness (QED) is 0.654. The highest BCUT2D eigenvalue weighted by atomic mass is 16.5. The molecule has 22 heavy (non-hydrogen) atoms. The summed E-state index contributed by atoms with van der Waals surface area (Å²) >= 11 is 0. The predicted octanol–water partition coefficient (Wildman–Crippen LogP) is 0.980. The van der Waals surface area contributed by atoms with Gasteiger partial charge in [-0.2, -0.15) is 4.98 Å². The zero-order valence-corrected chi connectivity index (χ0v) is 12.1. The van der Waals surface area contributed by atoms with Crippen LogP contribution in [0.4, 0.5) is 11.5 Å². The van der Waals surface area contributed by atoms with Crippen LogP contribution in [0.3, 0.4) is 0 Å². The second kappa shape index (κ2) is 7.67. The molecule has 1 heterocycles. The van der Waals surface area contributed by atoms with Crippen molar-refractivity contribution >= 4 is 17.4 Å². The van der Waals surface area contributed by atoms with E-state index in [4.69, 9.17) is 15.2 Å². The van der Waals surface area contributed by atoms with Gasteiger partial charge in [-0.25, -0.2) is 4.98 Å². The first-order valence-corrected chi connectivity index (χ1v) is 6.66. The third-order valence-corrected chi connectivity index (χ3v) is 2.56. The molecule has 0 aliphatic heterocycles. The Labute approximate surface area is 127 Å². The fraction of sp³-hybridized carbons (Fsp3) is 0.214. The fourth-order valence-corrected chi connectivity index (χ4v) is 1.56. The number of hydrogen-bond acceptors (Lipinski definition) is 7. The van der Waals surface area contributed by atoms with Crippen LogP contribution in [0.1, 0.15) is 6.92 Å². The summed E-state index contributed by atoms with van der Waals surface area (Å²) in [7, 11) is 0. The molecule has 2 aromatic rings. The summed E-state index contributed by atoms with van der Waals surface area (Å²) in [5.41, 5.74) is 11.1. The van der Waals surface area contributed by atoms with Crippen LogP contribution >= 0.6 is 0 Å². The molecule has 0 radical (unpaired) electrons. The van der Waals surface area contributed by atoms with Crippen molar-refractivity contribution < 1.29 is 14.3 Å². The number of nitrogens with two attached hydrogens (primary N) is 1. The lowest BCUT2D eigenvalue weighted by atomic mass is 10.3. The maximum absolute atomic E-state index is 11.7. The molecule has 116 valence electrons. The molecule has 0 saturated heterocycles. The van der Waals surface area contributed by atoms with Gasteiger partial charge in [0.1, 0.15) is 17.8 Å². The molecule has 0 atom stereocenters. The normalized spacial score (nSPS) is 9.86. The van der Waals surface area contributed by atoms with Crippen molar-refractivity contribution in [2.45, 2.75) is 6.92 Å². The van der Waals surface area contributed by atoms with E-state index in [-0.39, 0.29) is 29.9 Å². The van der Waals surface area contributed by atoms with Gasteiger partial charge in [0.2, 0.25) is 5.88 Å². The van der Waals surface area contributed by atoms with Crippen LogP contribution in [-0.2, 0) is 4.79 Å². The third-order valence-electron chi connectivity index (χ3n) is 2.56. The third kappa shape index (κ3) is 4.23. The van der Waals surface area contributed by atoms with Gasteiger partial charge in [-0.15, -0.1) is 0 Å². The minimum absolute atomic E-state index is 0.139. The van der Waals surface area contributed by atoms with E-state index in [2.05, 4.69) is 20.8 Å². The average molecular weight is 303 g/mol. The van der Waals surface area contributed by atoms with E-state index >= 15 is 0 Å². The van der Waals surface area contributed by atoms with Crippen molar-refractivity contribution in [2.24, 2.45) is 0 Å². The van der Waals surface area contributed by atoms with E-state index in [0.717, 1.165) is 0 Å². The molecule has 0 bridgehead atoms. The number of nitrogens with one attached hydrogen (secondary N) is 2. The Morgan fingerprint density at radius 3 is 2.73 bits per heavy atom. The summed E-state index contributed by atoms with van der Waals surface area (Å²) in [5.74, 6) is 0.749. The van der Waals surface area contributed by atoms with Crippen molar-refractivity contribution in [1.82, 2.24) is 15.4 Å². The van der Waals surface area contributed by atoms with Gasteiger partial charge in [0.25, 0.3) is 5.91 Å². The molecule has 4 N–H and O–H groups in total. The van der Waals surface area contributed by atoms with Crippen molar-refractivity contribution in [2.75, 3.05) is 24.4 Å². The molecule has 8 nitrogen and oxygen atoms in total. The number of benzene rings is 1. The minimum atomic E-state index is -0.375. The highest BCUT2D eigenvalue weighted by molar-refractivity contribution is 5.80. The van der Waals surface area contributed by atoms with E-state index in [1.807, 2.05) is 25.1 Å². The number of aromatic nitrogens is 2. The summed E-state index contributed by atoms with van der Waals surface area (Å²) in [5, 5.41) is 0. The van der Waals surface area contributed by atoms with Gasteiger partial charge < -0.3 is 15.2 Å². The molecule has 1 aromatic carbocycles. The van der Waals surface area contributed by atoms with E-state index < -0.39 is 0 Å². The zero-order valence-electron chi connectivity index (χ0n) is 12.1. The largest absolute Gasteiger partial charge is 0.484 e. The highest BCUT2D eigenvalue weighted by Gasteiger charge is 2.10. The first-order chi connectivity index (χ1) is 10.7. The van der Waals surface area contributed by atoms with Gasteiger partial charge in [0, 0.05) is 0 Å². The Morgan fingerprint density at radius 2 is 2.00 bits per heavy atom. The molecule has 0 saturated carbocycles. The minimum Gasteiger partial charge on any atom is -0.484 e. The van der Waals surface area contributed by atoms with Crippen molar-refractivity contribution in [3.05, 3.63) is 36.7 Å². The van der Waals surface area contributed by atoms with Crippen LogP contribution in [0, 0.1) is 0 Å². The van der Waals surface area contributed by atoms with Gasteiger partial charge in [-0.3, -0.25) is 15.6 Å². The van der Waals surface area contributed by atoms with Gasteiger partial charge in [0.15, 0.2) is 12.4 Å². The molecule has 1 aromatic heterocycles. The van der Waals surface area contributed by atoms with Crippen molar-refractivity contribution in [1.29, 1.82) is 0 Å². The Morgan fingerprint density at radius 1 is 1.23 bits per heavy atom. The Kier molecular flexibility index (Phi) is 5.36. The van der Waals surface area contributed by atoms with Crippen molar-refractivity contribution in [3.63, 3.8) is 0 Å². The number of para-hydroxylation sites is 1. The number of rotatable bonds is 7. The Balaban J connectivity index is 1.85. The highest BCUT2D eigenvalue weighted by Crippen LogP contribution is 2.23. The van der Waals surface area contributed by atoms with Gasteiger partial charge in [0.05, 0.1) is 6.61 Å². The molecule has 1 amide bonds. The number of carbonyl (C=O) groups is 1. The number of anilines is 2. The van der Waals surface area contributed by atoms with Gasteiger partial charge in [-0.05, 0) is 19.1 Å². The first-order valence-electron chi connectivity index (χ1n) is 6.66. The molecule has 8 heteroatoms. The summed E-state index contributed by atoms with van der Waals surface area (Å²) < 4.78 is 10.5. The number of ether oxygens (including phenoxy) is 2. The molecular weight excluding hydrogens is 286 g/mol. The summed E-state index contributed by atoms with van der Waals surface area (Å²) in [6, 6.07) is 9.03. The molecule has 0 unspecified atom stereocenters. The zero-order chi connectivity index (χ0) is 15.8. The maximum Gasteiger partial charge on any atom is 0.276 e. The topological polar surface area (TPSA) is 111 Å². The number of nitrogen functional groups attached to an aromatic ring is 1. The summed E-state index contributed by atoms with van der Waals surface area (Å²) in [4.78, 5) is 19.5. The number of hydrazine groups is 1. The van der Waals surface area contributed by atoms with E-state index in [1.165, 1.54) is 6.33 Å². The lowest BCUT2D eigenvalue weighted by Gasteiger charge is -2.12. The summed E-state index contributed by atoms with van der Waals surface area (Å²) in [6.07, 6.45) is 1.29. The molecule has 0 aliphatic carbocycles. The Bertz CT molecular complexity index is 621.